The lowest BCUT2D eigenvalue weighted by atomic mass is 9.89. The van der Waals surface area contributed by atoms with E-state index >= 15 is 0 Å². The van der Waals surface area contributed by atoms with Crippen LogP contribution in [0, 0.1) is 45.3 Å². The SMILES string of the molecule is CCC(CC)[C@@H]1[C@@]2(C#N)[C@@]3(N=C(N)[C@@]12C#N)OCCS3. The van der Waals surface area contributed by atoms with E-state index in [1.54, 1.807) is 0 Å². The summed E-state index contributed by atoms with van der Waals surface area (Å²) in [6.07, 6.45) is 1.87. The van der Waals surface area contributed by atoms with Gasteiger partial charge >= 0.3 is 0 Å². The van der Waals surface area contributed by atoms with E-state index in [4.69, 9.17) is 10.5 Å². The van der Waals surface area contributed by atoms with Crippen molar-refractivity contribution in [2.24, 2.45) is 33.4 Å². The summed E-state index contributed by atoms with van der Waals surface area (Å²) >= 11 is 1.52. The summed E-state index contributed by atoms with van der Waals surface area (Å²) in [6.45, 7) is 4.75. The summed E-state index contributed by atoms with van der Waals surface area (Å²) in [7, 11) is 0. The van der Waals surface area contributed by atoms with Gasteiger partial charge in [0, 0.05) is 11.7 Å². The number of thioether (sulfide) groups is 1. The van der Waals surface area contributed by atoms with Gasteiger partial charge in [-0.1, -0.05) is 38.5 Å². The molecule has 2 fully saturated rings. The Balaban J connectivity index is 2.16. The Labute approximate surface area is 123 Å². The normalized spacial score (nSPS) is 45.0. The highest BCUT2D eigenvalue weighted by molar-refractivity contribution is 8.00. The Morgan fingerprint density at radius 1 is 1.45 bits per heavy atom. The first-order chi connectivity index (χ1) is 9.60. The molecule has 6 heteroatoms. The molecule has 2 heterocycles. The van der Waals surface area contributed by atoms with Crippen molar-refractivity contribution in [2.75, 3.05) is 12.4 Å². The van der Waals surface area contributed by atoms with Crippen LogP contribution in [0.5, 0.6) is 0 Å². The van der Waals surface area contributed by atoms with Gasteiger partial charge in [-0.25, -0.2) is 4.99 Å². The van der Waals surface area contributed by atoms with Crippen LogP contribution in [0.25, 0.3) is 0 Å². The number of fused-ring (bicyclic) bond motifs is 2. The number of nitrogens with zero attached hydrogens (tertiary/aromatic N) is 3. The minimum Gasteiger partial charge on any atom is -0.386 e. The van der Waals surface area contributed by atoms with Gasteiger partial charge in [-0.3, -0.25) is 0 Å². The standard InChI is InChI=1S/C14H18N4OS/c1-3-9(4-2)10-12(7-15)11(17)18-14(13(10,12)8-16)19-5-6-20-14/h9-10H,3-6H2,1-2H3,(H2,17,18)/t10-,12+,13+,14+/m0/s1. The van der Waals surface area contributed by atoms with E-state index in [9.17, 15) is 10.5 Å². The molecule has 1 spiro atoms. The second-order valence-corrected chi connectivity index (χ2v) is 6.92. The zero-order chi connectivity index (χ0) is 14.6. The molecule has 20 heavy (non-hydrogen) atoms. The van der Waals surface area contributed by atoms with Gasteiger partial charge in [0.15, 0.2) is 0 Å². The maximum absolute atomic E-state index is 9.89. The van der Waals surface area contributed by atoms with Crippen molar-refractivity contribution in [3.63, 3.8) is 0 Å². The Bertz CT molecular complexity index is 553. The number of hydrogen-bond acceptors (Lipinski definition) is 6. The molecular weight excluding hydrogens is 272 g/mol. The predicted molar refractivity (Wildman–Crippen MR) is 76.4 cm³/mol. The first kappa shape index (κ1) is 13.7. The zero-order valence-corrected chi connectivity index (χ0v) is 12.5. The van der Waals surface area contributed by atoms with Crippen molar-refractivity contribution in [1.82, 2.24) is 0 Å². The van der Waals surface area contributed by atoms with E-state index in [0.717, 1.165) is 18.6 Å². The molecule has 0 aromatic carbocycles. The quantitative estimate of drug-likeness (QED) is 0.856. The number of amidine groups is 1. The summed E-state index contributed by atoms with van der Waals surface area (Å²) in [5.41, 5.74) is 4.25. The average Bonchev–Trinajstić information content (AvgIpc) is 2.72. The number of nitrogens with two attached hydrogens (primary N) is 1. The van der Waals surface area contributed by atoms with Gasteiger partial charge in [0.05, 0.1) is 18.7 Å². The van der Waals surface area contributed by atoms with Crippen LogP contribution < -0.4 is 5.73 Å². The predicted octanol–water partition coefficient (Wildman–Crippen LogP) is 1.86. The van der Waals surface area contributed by atoms with Crippen molar-refractivity contribution in [3.8, 4) is 12.1 Å². The van der Waals surface area contributed by atoms with Gasteiger partial charge in [-0.05, 0) is 5.92 Å². The third kappa shape index (κ3) is 1.13. The van der Waals surface area contributed by atoms with Crippen LogP contribution >= 0.6 is 11.8 Å². The fraction of sp³-hybridized carbons (Fsp3) is 0.786. The Morgan fingerprint density at radius 3 is 2.60 bits per heavy atom. The fourth-order valence-corrected chi connectivity index (χ4v) is 5.58. The van der Waals surface area contributed by atoms with Crippen molar-refractivity contribution in [2.45, 2.75) is 31.7 Å². The molecule has 0 aromatic rings. The fourth-order valence-electron chi connectivity index (χ4n) is 4.25. The molecule has 3 rings (SSSR count). The summed E-state index contributed by atoms with van der Waals surface area (Å²) in [5, 5.41) is 18.7. The molecule has 0 amide bonds. The van der Waals surface area contributed by atoms with Crippen LogP contribution in [0.1, 0.15) is 26.7 Å². The molecule has 1 saturated heterocycles. The van der Waals surface area contributed by atoms with Crippen molar-refractivity contribution in [3.05, 3.63) is 0 Å². The van der Waals surface area contributed by atoms with E-state index in [1.165, 1.54) is 11.8 Å². The van der Waals surface area contributed by atoms with Gasteiger partial charge in [0.1, 0.15) is 16.7 Å². The van der Waals surface area contributed by atoms with Gasteiger partial charge < -0.3 is 10.5 Å². The molecule has 0 radical (unpaired) electrons. The Morgan fingerprint density at radius 2 is 2.15 bits per heavy atom. The van der Waals surface area contributed by atoms with Crippen LogP contribution in [-0.4, -0.2) is 23.3 Å². The Kier molecular flexibility index (Phi) is 2.83. The lowest BCUT2D eigenvalue weighted by Crippen LogP contribution is -2.35. The number of ether oxygens (including phenoxy) is 1. The lowest BCUT2D eigenvalue weighted by Gasteiger charge is -2.28. The van der Waals surface area contributed by atoms with Crippen LogP contribution in [0.4, 0.5) is 0 Å². The van der Waals surface area contributed by atoms with Crippen LogP contribution in [0.3, 0.4) is 0 Å². The van der Waals surface area contributed by atoms with Crippen molar-refractivity contribution >= 4 is 17.6 Å². The van der Waals surface area contributed by atoms with E-state index < -0.39 is 15.9 Å². The second kappa shape index (κ2) is 4.13. The lowest BCUT2D eigenvalue weighted by molar-refractivity contribution is 0.0133. The summed E-state index contributed by atoms with van der Waals surface area (Å²) < 4.78 is 5.84. The largest absolute Gasteiger partial charge is 0.386 e. The molecule has 3 aliphatic rings. The highest BCUT2D eigenvalue weighted by Gasteiger charge is 2.93. The molecule has 4 atom stereocenters. The Hall–Kier alpha value is -1.24. The summed E-state index contributed by atoms with van der Waals surface area (Å²) in [6, 6.07) is 4.74. The molecule has 1 saturated carbocycles. The molecular formula is C14H18N4OS. The molecule has 5 nitrogen and oxygen atoms in total. The van der Waals surface area contributed by atoms with E-state index in [0.29, 0.717) is 18.4 Å². The smallest absolute Gasteiger partial charge is 0.230 e. The molecule has 1 aliphatic carbocycles. The van der Waals surface area contributed by atoms with E-state index in [1.807, 2.05) is 0 Å². The van der Waals surface area contributed by atoms with Gasteiger partial charge in [-0.2, -0.15) is 10.5 Å². The zero-order valence-electron chi connectivity index (χ0n) is 11.7. The number of hydrogen-bond donors (Lipinski definition) is 1. The maximum Gasteiger partial charge on any atom is 0.230 e. The van der Waals surface area contributed by atoms with Gasteiger partial charge in [-0.15, -0.1) is 0 Å². The molecule has 0 unspecified atom stereocenters. The number of aliphatic imine (C=N–C) groups is 1. The number of rotatable bonds is 3. The van der Waals surface area contributed by atoms with Gasteiger partial charge in [0.2, 0.25) is 5.06 Å². The molecule has 0 aromatic heterocycles. The van der Waals surface area contributed by atoms with E-state index in [-0.39, 0.29) is 5.92 Å². The van der Waals surface area contributed by atoms with E-state index in [2.05, 4.69) is 31.0 Å². The first-order valence-corrected chi connectivity index (χ1v) is 8.05. The minimum absolute atomic E-state index is 0.0666. The highest BCUT2D eigenvalue weighted by Crippen LogP contribution is 2.82. The highest BCUT2D eigenvalue weighted by atomic mass is 32.2. The minimum atomic E-state index is -0.950. The van der Waals surface area contributed by atoms with Gasteiger partial charge in [0.25, 0.3) is 0 Å². The molecule has 2 N–H and O–H groups in total. The molecule has 0 bridgehead atoms. The van der Waals surface area contributed by atoms with Crippen LogP contribution in [-0.2, 0) is 4.74 Å². The monoisotopic (exact) mass is 290 g/mol. The average molecular weight is 290 g/mol. The molecule has 106 valence electrons. The third-order valence-electron chi connectivity index (χ3n) is 5.19. The maximum atomic E-state index is 9.89. The third-order valence-corrected chi connectivity index (χ3v) is 6.49. The second-order valence-electron chi connectivity index (χ2n) is 5.67. The van der Waals surface area contributed by atoms with Crippen LogP contribution in [0.2, 0.25) is 0 Å². The summed E-state index contributed by atoms with van der Waals surface area (Å²) in [5.74, 6) is 1.32. The van der Waals surface area contributed by atoms with Crippen molar-refractivity contribution < 1.29 is 4.74 Å². The summed E-state index contributed by atoms with van der Waals surface area (Å²) in [4.78, 5) is 4.43. The topological polar surface area (TPSA) is 95.2 Å². The molecule has 2 aliphatic heterocycles. The number of nitriles is 2. The van der Waals surface area contributed by atoms with Crippen molar-refractivity contribution in [1.29, 1.82) is 10.5 Å². The first-order valence-electron chi connectivity index (χ1n) is 7.06. The van der Waals surface area contributed by atoms with Crippen LogP contribution in [0.15, 0.2) is 4.99 Å².